The third kappa shape index (κ3) is 5.58. The van der Waals surface area contributed by atoms with Gasteiger partial charge in [0.2, 0.25) is 17.7 Å². The minimum Gasteiger partial charge on any atom is -0.494 e. The number of ether oxygens (including phenoxy) is 2. The number of fused-ring (bicyclic) bond motifs is 1. The van der Waals surface area contributed by atoms with Crippen molar-refractivity contribution in [3.8, 4) is 5.75 Å². The fraction of sp³-hybridized carbons (Fsp3) is 0.545. The van der Waals surface area contributed by atoms with Crippen molar-refractivity contribution in [1.82, 2.24) is 4.90 Å². The number of aliphatic hydroxyl groups is 1. The van der Waals surface area contributed by atoms with Crippen molar-refractivity contribution >= 4 is 34.8 Å². The van der Waals surface area contributed by atoms with Crippen LogP contribution < -0.4 is 20.3 Å². The summed E-state index contributed by atoms with van der Waals surface area (Å²) in [6.07, 6.45) is 2.10. The quantitative estimate of drug-likeness (QED) is 0.300. The third-order valence-corrected chi connectivity index (χ3v) is 9.31. The molecule has 0 aromatic heterocycles. The van der Waals surface area contributed by atoms with Crippen molar-refractivity contribution in [3.05, 3.63) is 48.5 Å². The predicted molar refractivity (Wildman–Crippen MR) is 165 cm³/mol. The molecule has 0 saturated carbocycles. The van der Waals surface area contributed by atoms with Crippen LogP contribution in [0.15, 0.2) is 48.5 Å². The van der Waals surface area contributed by atoms with Gasteiger partial charge in [0, 0.05) is 43.3 Å². The number of nitrogens with one attached hydrogen (secondary N) is 2. The van der Waals surface area contributed by atoms with Crippen LogP contribution in [0, 0.1) is 11.8 Å². The molecule has 2 aromatic rings. The number of unbranched alkanes of at least 4 members (excludes halogenated alkanes) is 1. The lowest BCUT2D eigenvalue weighted by atomic mass is 9.66. The molecule has 2 aromatic carbocycles. The van der Waals surface area contributed by atoms with E-state index in [1.807, 2.05) is 38.1 Å². The van der Waals surface area contributed by atoms with E-state index in [0.29, 0.717) is 56.0 Å². The van der Waals surface area contributed by atoms with Crippen LogP contribution in [-0.4, -0.2) is 77.8 Å². The van der Waals surface area contributed by atoms with Gasteiger partial charge in [0.1, 0.15) is 17.4 Å². The Labute approximate surface area is 253 Å². The summed E-state index contributed by atoms with van der Waals surface area (Å²) in [5, 5.41) is 15.4. The molecule has 2 unspecified atom stereocenters. The molecular formula is C33H44N4O6. The zero-order valence-electron chi connectivity index (χ0n) is 25.6. The summed E-state index contributed by atoms with van der Waals surface area (Å²) >= 11 is 0. The van der Waals surface area contributed by atoms with Gasteiger partial charge in [-0.3, -0.25) is 14.4 Å². The lowest BCUT2D eigenvalue weighted by molar-refractivity contribution is -0.143. The Kier molecular flexibility index (Phi) is 8.99. The maximum Gasteiger partial charge on any atom is 0.250 e. The Morgan fingerprint density at radius 1 is 0.977 bits per heavy atom. The van der Waals surface area contributed by atoms with E-state index in [2.05, 4.69) is 29.4 Å². The van der Waals surface area contributed by atoms with Crippen LogP contribution in [0.1, 0.15) is 53.4 Å². The van der Waals surface area contributed by atoms with Crippen LogP contribution in [0.25, 0.3) is 0 Å². The minimum atomic E-state index is -1.11. The van der Waals surface area contributed by atoms with Gasteiger partial charge < -0.3 is 35.0 Å². The molecule has 0 radical (unpaired) electrons. The van der Waals surface area contributed by atoms with Gasteiger partial charge in [-0.15, -0.1) is 0 Å². The van der Waals surface area contributed by atoms with Gasteiger partial charge in [-0.05, 0) is 102 Å². The van der Waals surface area contributed by atoms with Gasteiger partial charge in [0.25, 0.3) is 0 Å². The number of carbonyl (C=O) groups excluding carboxylic acids is 3. The monoisotopic (exact) mass is 592 g/mol. The standard InChI is InChI=1S/C33H44N4O6/c1-5-36(6-2)24-14-10-22(11-15-24)35-30(40)28-33-19-18-32(4,43-33)26(27(33)31(41)37(28)20-8-9-21-38)29(39)34-23-12-16-25(17-13-23)42-7-3/h10-17,26-28,38H,5-9,18-21H2,1-4H3,(H,34,39)(H,35,40)/t26-,27-,28?,32+,33?/m0/s1. The van der Waals surface area contributed by atoms with Gasteiger partial charge >= 0.3 is 0 Å². The Balaban J connectivity index is 1.41. The molecule has 1 spiro atoms. The molecule has 3 heterocycles. The molecule has 3 fully saturated rings. The summed E-state index contributed by atoms with van der Waals surface area (Å²) in [4.78, 5) is 45.9. The average Bonchev–Trinajstić information content (AvgIpc) is 3.56. The summed E-state index contributed by atoms with van der Waals surface area (Å²) < 4.78 is 12.2. The number of carbonyl (C=O) groups is 3. The van der Waals surface area contributed by atoms with Crippen LogP contribution in [0.4, 0.5) is 17.1 Å². The molecule has 3 N–H and O–H groups in total. The molecule has 5 atom stereocenters. The van der Waals surface area contributed by atoms with Crippen LogP contribution in [0.2, 0.25) is 0 Å². The molecule has 3 saturated heterocycles. The summed E-state index contributed by atoms with van der Waals surface area (Å²) in [6.45, 7) is 10.6. The van der Waals surface area contributed by atoms with Crippen LogP contribution in [0.3, 0.4) is 0 Å². The maximum absolute atomic E-state index is 14.1. The zero-order valence-corrected chi connectivity index (χ0v) is 25.6. The molecule has 3 aliphatic heterocycles. The highest BCUT2D eigenvalue weighted by Gasteiger charge is 2.77. The highest BCUT2D eigenvalue weighted by Crippen LogP contribution is 2.63. The lowest BCUT2D eigenvalue weighted by Crippen LogP contribution is -2.53. The first-order valence-electron chi connectivity index (χ1n) is 15.5. The Bertz CT molecular complexity index is 1310. The molecule has 10 nitrogen and oxygen atoms in total. The van der Waals surface area contributed by atoms with E-state index in [1.165, 1.54) is 0 Å². The number of aliphatic hydroxyl groups excluding tert-OH is 1. The Morgan fingerprint density at radius 2 is 1.60 bits per heavy atom. The number of anilines is 3. The highest BCUT2D eigenvalue weighted by atomic mass is 16.5. The van der Waals surface area contributed by atoms with Crippen molar-refractivity contribution in [1.29, 1.82) is 0 Å². The van der Waals surface area contributed by atoms with Gasteiger partial charge in [-0.25, -0.2) is 0 Å². The van der Waals surface area contributed by atoms with Gasteiger partial charge in [-0.1, -0.05) is 0 Å². The van der Waals surface area contributed by atoms with Crippen molar-refractivity contribution in [3.63, 3.8) is 0 Å². The number of likely N-dealkylation sites (tertiary alicyclic amines) is 1. The number of hydrogen-bond donors (Lipinski definition) is 3. The van der Waals surface area contributed by atoms with E-state index in [0.717, 1.165) is 18.8 Å². The van der Waals surface area contributed by atoms with Gasteiger partial charge in [-0.2, -0.15) is 0 Å². The summed E-state index contributed by atoms with van der Waals surface area (Å²) in [7, 11) is 0. The molecule has 2 bridgehead atoms. The Morgan fingerprint density at radius 3 is 2.21 bits per heavy atom. The minimum absolute atomic E-state index is 0.00591. The second-order valence-electron chi connectivity index (χ2n) is 11.8. The highest BCUT2D eigenvalue weighted by molar-refractivity contribution is 6.05. The van der Waals surface area contributed by atoms with Crippen molar-refractivity contribution in [2.24, 2.45) is 11.8 Å². The number of amides is 3. The number of rotatable bonds is 13. The zero-order chi connectivity index (χ0) is 30.8. The summed E-state index contributed by atoms with van der Waals surface area (Å²) in [5.41, 5.74) is 0.303. The molecule has 5 rings (SSSR count). The van der Waals surface area contributed by atoms with Crippen molar-refractivity contribution in [2.75, 3.05) is 48.4 Å². The summed E-state index contributed by atoms with van der Waals surface area (Å²) in [6, 6.07) is 13.9. The van der Waals surface area contributed by atoms with Crippen molar-refractivity contribution in [2.45, 2.75) is 70.6 Å². The van der Waals surface area contributed by atoms with Crippen LogP contribution in [-0.2, 0) is 19.1 Å². The molecular weight excluding hydrogens is 548 g/mol. The first kappa shape index (κ1) is 30.8. The summed E-state index contributed by atoms with van der Waals surface area (Å²) in [5.74, 6) is -1.71. The second kappa shape index (κ2) is 12.5. The largest absolute Gasteiger partial charge is 0.494 e. The number of benzene rings is 2. The van der Waals surface area contributed by atoms with Crippen LogP contribution in [0.5, 0.6) is 5.75 Å². The molecule has 232 valence electrons. The predicted octanol–water partition coefficient (Wildman–Crippen LogP) is 4.05. The average molecular weight is 593 g/mol. The van der Waals surface area contributed by atoms with E-state index in [1.54, 1.807) is 29.2 Å². The lowest BCUT2D eigenvalue weighted by Gasteiger charge is -2.33. The van der Waals surface area contributed by atoms with Gasteiger partial charge in [0.15, 0.2) is 0 Å². The number of hydrogen-bond acceptors (Lipinski definition) is 7. The molecule has 0 aliphatic carbocycles. The van der Waals surface area contributed by atoms with E-state index >= 15 is 0 Å². The molecule has 3 amide bonds. The van der Waals surface area contributed by atoms with E-state index in [4.69, 9.17) is 9.47 Å². The SMILES string of the molecule is CCOc1ccc(NC(=O)[C@@H]2[C@H]3C(=O)N(CCCCO)C(C(=O)Nc4ccc(N(CC)CC)cc4)C34CC[C@@]2(C)O4)cc1. The van der Waals surface area contributed by atoms with E-state index < -0.39 is 29.1 Å². The number of nitrogens with zero attached hydrogens (tertiary/aromatic N) is 2. The first-order chi connectivity index (χ1) is 20.7. The smallest absolute Gasteiger partial charge is 0.250 e. The second-order valence-corrected chi connectivity index (χ2v) is 11.8. The molecule has 3 aliphatic rings. The molecule has 10 heteroatoms. The van der Waals surface area contributed by atoms with Crippen molar-refractivity contribution < 1.29 is 29.0 Å². The fourth-order valence-electron chi connectivity index (χ4n) is 7.34. The Hall–Kier alpha value is -3.63. The maximum atomic E-state index is 14.1. The van der Waals surface area contributed by atoms with E-state index in [9.17, 15) is 19.5 Å². The van der Waals surface area contributed by atoms with E-state index in [-0.39, 0.29) is 24.3 Å². The van der Waals surface area contributed by atoms with Gasteiger partial charge in [0.05, 0.1) is 24.0 Å². The fourth-order valence-corrected chi connectivity index (χ4v) is 7.34. The van der Waals surface area contributed by atoms with Crippen LogP contribution >= 0.6 is 0 Å². The normalized spacial score (nSPS) is 27.2. The molecule has 43 heavy (non-hydrogen) atoms. The first-order valence-corrected chi connectivity index (χ1v) is 15.5. The third-order valence-electron chi connectivity index (χ3n) is 9.31. The topological polar surface area (TPSA) is 120 Å².